The molecule has 0 unspecified atom stereocenters. The number of hydrogen-bond acceptors (Lipinski definition) is 6. The van der Waals surface area contributed by atoms with Crippen LogP contribution in [0.4, 0.5) is 4.79 Å². The van der Waals surface area contributed by atoms with E-state index < -0.39 is 17.9 Å². The lowest BCUT2D eigenvalue weighted by Gasteiger charge is -2.16. The van der Waals surface area contributed by atoms with Crippen molar-refractivity contribution >= 4 is 11.8 Å². The summed E-state index contributed by atoms with van der Waals surface area (Å²) in [5.41, 5.74) is 0.547. The van der Waals surface area contributed by atoms with Crippen LogP contribution in [0.2, 0.25) is 0 Å². The molecule has 1 amide bonds. The number of aromatic nitrogens is 2. The number of carbonyl (C=O) groups is 1. The molecule has 1 aliphatic heterocycles. The van der Waals surface area contributed by atoms with Gasteiger partial charge in [0.2, 0.25) is 5.89 Å². The SMILES string of the molecule is CON=C1C[C@@H](c2n[nH]c(=O)o2)N(C(=O)O)C1. The first-order valence-corrected chi connectivity index (χ1v) is 4.75. The number of oxime groups is 1. The van der Waals surface area contributed by atoms with Crippen LogP contribution >= 0.6 is 0 Å². The first-order chi connectivity index (χ1) is 8.11. The Hall–Kier alpha value is -2.32. The first kappa shape index (κ1) is 11.2. The number of hydrogen-bond donors (Lipinski definition) is 2. The predicted molar refractivity (Wildman–Crippen MR) is 53.7 cm³/mol. The Balaban J connectivity index is 2.28. The third kappa shape index (κ3) is 2.12. The molecule has 1 aromatic heterocycles. The molecule has 1 aromatic rings. The van der Waals surface area contributed by atoms with Crippen molar-refractivity contribution in [2.75, 3.05) is 13.7 Å². The maximum Gasteiger partial charge on any atom is 0.434 e. The monoisotopic (exact) mass is 242 g/mol. The fraction of sp³-hybridized carbons (Fsp3) is 0.500. The fourth-order valence-corrected chi connectivity index (χ4v) is 1.71. The minimum absolute atomic E-state index is 0.0266. The van der Waals surface area contributed by atoms with Gasteiger partial charge in [0.15, 0.2) is 0 Å². The molecule has 1 atom stereocenters. The van der Waals surface area contributed by atoms with Crippen molar-refractivity contribution in [2.45, 2.75) is 12.5 Å². The molecule has 0 spiro atoms. The molecule has 2 heterocycles. The largest absolute Gasteiger partial charge is 0.465 e. The molecule has 92 valence electrons. The van der Waals surface area contributed by atoms with Gasteiger partial charge >= 0.3 is 11.8 Å². The Bertz CT molecular complexity index is 504. The molecule has 17 heavy (non-hydrogen) atoms. The number of carboxylic acid groups (broad SMARTS) is 1. The van der Waals surface area contributed by atoms with Gasteiger partial charge in [0.05, 0.1) is 12.3 Å². The van der Waals surface area contributed by atoms with Gasteiger partial charge in [-0.1, -0.05) is 5.16 Å². The number of H-pyrrole nitrogens is 1. The summed E-state index contributed by atoms with van der Waals surface area (Å²) in [7, 11) is 1.38. The highest BCUT2D eigenvalue weighted by Crippen LogP contribution is 2.28. The van der Waals surface area contributed by atoms with E-state index in [9.17, 15) is 9.59 Å². The van der Waals surface area contributed by atoms with E-state index in [-0.39, 0.29) is 18.9 Å². The number of aromatic amines is 1. The lowest BCUT2D eigenvalue weighted by molar-refractivity contribution is 0.134. The van der Waals surface area contributed by atoms with Crippen LogP contribution in [-0.2, 0) is 4.84 Å². The molecule has 0 aliphatic carbocycles. The summed E-state index contributed by atoms with van der Waals surface area (Å²) in [4.78, 5) is 27.5. The normalized spacial score (nSPS) is 22.1. The van der Waals surface area contributed by atoms with Gasteiger partial charge in [0.1, 0.15) is 13.2 Å². The Morgan fingerprint density at radius 3 is 3.06 bits per heavy atom. The number of likely N-dealkylation sites (tertiary alicyclic amines) is 1. The summed E-state index contributed by atoms with van der Waals surface area (Å²) in [6.07, 6.45) is -0.851. The smallest absolute Gasteiger partial charge is 0.434 e. The maximum atomic E-state index is 11.0. The van der Waals surface area contributed by atoms with Crippen molar-refractivity contribution in [1.29, 1.82) is 0 Å². The minimum Gasteiger partial charge on any atom is -0.465 e. The third-order valence-electron chi connectivity index (χ3n) is 2.36. The van der Waals surface area contributed by atoms with Gasteiger partial charge in [-0.05, 0) is 0 Å². The van der Waals surface area contributed by atoms with Crippen LogP contribution in [0.3, 0.4) is 0 Å². The average molecular weight is 242 g/mol. The van der Waals surface area contributed by atoms with E-state index in [1.54, 1.807) is 0 Å². The molecule has 9 heteroatoms. The van der Waals surface area contributed by atoms with Gasteiger partial charge in [0, 0.05) is 6.42 Å². The number of nitrogens with zero attached hydrogens (tertiary/aromatic N) is 3. The number of nitrogens with one attached hydrogen (secondary N) is 1. The second-order valence-corrected chi connectivity index (χ2v) is 3.42. The maximum absolute atomic E-state index is 11.0. The molecule has 0 saturated carbocycles. The molecule has 9 nitrogen and oxygen atoms in total. The van der Waals surface area contributed by atoms with Gasteiger partial charge in [-0.2, -0.15) is 0 Å². The predicted octanol–water partition coefficient (Wildman–Crippen LogP) is -0.210. The lowest BCUT2D eigenvalue weighted by Crippen LogP contribution is -2.29. The highest BCUT2D eigenvalue weighted by atomic mass is 16.6. The molecule has 2 N–H and O–H groups in total. The van der Waals surface area contributed by atoms with Crippen LogP contribution in [0, 0.1) is 0 Å². The average Bonchev–Trinajstić information content (AvgIpc) is 2.84. The molecule has 0 bridgehead atoms. The van der Waals surface area contributed by atoms with Crippen LogP contribution in [-0.4, -0.2) is 45.7 Å². The number of rotatable bonds is 2. The second-order valence-electron chi connectivity index (χ2n) is 3.42. The van der Waals surface area contributed by atoms with Crippen LogP contribution in [0.15, 0.2) is 14.4 Å². The van der Waals surface area contributed by atoms with E-state index in [4.69, 9.17) is 9.52 Å². The molecular formula is C8H10N4O5. The molecule has 0 radical (unpaired) electrons. The zero-order valence-corrected chi connectivity index (χ0v) is 8.91. The molecule has 2 rings (SSSR count). The molecular weight excluding hydrogens is 232 g/mol. The van der Waals surface area contributed by atoms with Crippen LogP contribution in [0.1, 0.15) is 18.4 Å². The molecule has 0 aromatic carbocycles. The quantitative estimate of drug-likeness (QED) is 0.692. The highest BCUT2D eigenvalue weighted by molar-refractivity contribution is 5.91. The standard InChI is InChI=1S/C8H10N4O5/c1-16-11-4-2-5(12(3-4)8(14)15)6-9-10-7(13)17-6/h5H,2-3H2,1H3,(H,10,13)(H,14,15)/t5-/m0/s1. The minimum atomic E-state index is -1.14. The van der Waals surface area contributed by atoms with Crippen molar-refractivity contribution in [3.8, 4) is 0 Å². The summed E-state index contributed by atoms with van der Waals surface area (Å²) in [5.74, 6) is -0.693. The summed E-state index contributed by atoms with van der Waals surface area (Å²) in [5, 5.41) is 18.4. The van der Waals surface area contributed by atoms with Gasteiger partial charge in [-0.25, -0.2) is 14.7 Å². The van der Waals surface area contributed by atoms with E-state index >= 15 is 0 Å². The van der Waals surface area contributed by atoms with Crippen molar-refractivity contribution in [3.05, 3.63) is 16.4 Å². The van der Waals surface area contributed by atoms with E-state index in [1.165, 1.54) is 7.11 Å². The van der Waals surface area contributed by atoms with E-state index in [2.05, 4.69) is 20.2 Å². The van der Waals surface area contributed by atoms with Crippen molar-refractivity contribution in [1.82, 2.24) is 15.1 Å². The third-order valence-corrected chi connectivity index (χ3v) is 2.36. The van der Waals surface area contributed by atoms with Crippen LogP contribution < -0.4 is 5.76 Å². The van der Waals surface area contributed by atoms with E-state index in [0.717, 1.165) is 4.90 Å². The highest BCUT2D eigenvalue weighted by Gasteiger charge is 2.37. The van der Waals surface area contributed by atoms with Gasteiger partial charge in [0.25, 0.3) is 0 Å². The lowest BCUT2D eigenvalue weighted by atomic mass is 10.2. The first-order valence-electron chi connectivity index (χ1n) is 4.75. The molecule has 1 fully saturated rings. The van der Waals surface area contributed by atoms with Crippen molar-refractivity contribution in [3.63, 3.8) is 0 Å². The summed E-state index contributed by atoms with van der Waals surface area (Å²) in [6, 6.07) is -0.652. The fourth-order valence-electron chi connectivity index (χ4n) is 1.71. The topological polar surface area (TPSA) is 121 Å². The van der Waals surface area contributed by atoms with E-state index in [0.29, 0.717) is 5.71 Å². The second kappa shape index (κ2) is 4.28. The van der Waals surface area contributed by atoms with Gasteiger partial charge in [-0.3, -0.25) is 4.90 Å². The van der Waals surface area contributed by atoms with Gasteiger partial charge < -0.3 is 14.4 Å². The zero-order valence-electron chi connectivity index (χ0n) is 8.91. The zero-order chi connectivity index (χ0) is 12.4. The molecule has 1 saturated heterocycles. The Morgan fingerprint density at radius 1 is 1.76 bits per heavy atom. The Morgan fingerprint density at radius 2 is 2.53 bits per heavy atom. The van der Waals surface area contributed by atoms with Crippen molar-refractivity contribution < 1.29 is 19.2 Å². The summed E-state index contributed by atoms with van der Waals surface area (Å²) < 4.78 is 4.75. The molecule has 1 aliphatic rings. The van der Waals surface area contributed by atoms with Crippen LogP contribution in [0.5, 0.6) is 0 Å². The summed E-state index contributed by atoms with van der Waals surface area (Å²) >= 11 is 0. The summed E-state index contributed by atoms with van der Waals surface area (Å²) in [6.45, 7) is 0.102. The van der Waals surface area contributed by atoms with Gasteiger partial charge in [-0.15, -0.1) is 5.10 Å². The Labute approximate surface area is 94.7 Å². The number of amides is 1. The Kier molecular flexibility index (Phi) is 2.81. The van der Waals surface area contributed by atoms with E-state index in [1.807, 2.05) is 0 Å². The van der Waals surface area contributed by atoms with Crippen LogP contribution in [0.25, 0.3) is 0 Å². The van der Waals surface area contributed by atoms with Crippen molar-refractivity contribution in [2.24, 2.45) is 5.16 Å².